The fraction of sp³-hybridized carbons (Fsp3) is 0.462. The summed E-state index contributed by atoms with van der Waals surface area (Å²) in [4.78, 5) is 11.6. The van der Waals surface area contributed by atoms with E-state index in [4.69, 9.17) is 9.47 Å². The topological polar surface area (TPSA) is 93.7 Å². The van der Waals surface area contributed by atoms with Crippen molar-refractivity contribution in [1.82, 2.24) is 4.72 Å². The molecule has 8 heteroatoms. The summed E-state index contributed by atoms with van der Waals surface area (Å²) >= 11 is 0. The number of benzene rings is 1. The van der Waals surface area contributed by atoms with E-state index in [1.165, 1.54) is 25.3 Å². The monoisotopic (exact) mass is 314 g/mol. The molecule has 2 rings (SSSR count). The minimum Gasteiger partial charge on any atom is -0.479 e. The summed E-state index contributed by atoms with van der Waals surface area (Å²) in [5.74, 6) is 0.142. The fourth-order valence-corrected chi connectivity index (χ4v) is 3.23. The molecule has 21 heavy (non-hydrogen) atoms. The van der Waals surface area contributed by atoms with E-state index in [2.05, 4.69) is 10.0 Å². The van der Waals surface area contributed by atoms with Crippen molar-refractivity contribution in [1.29, 1.82) is 0 Å². The Labute approximate surface area is 123 Å². The van der Waals surface area contributed by atoms with Gasteiger partial charge in [0, 0.05) is 13.2 Å². The van der Waals surface area contributed by atoms with Gasteiger partial charge in [-0.1, -0.05) is 0 Å². The van der Waals surface area contributed by atoms with Crippen molar-refractivity contribution in [3.05, 3.63) is 18.2 Å². The third-order valence-corrected chi connectivity index (χ3v) is 4.55. The lowest BCUT2D eigenvalue weighted by molar-refractivity contribution is -0.122. The number of ether oxygens (including phenoxy) is 2. The van der Waals surface area contributed by atoms with Gasteiger partial charge in [-0.3, -0.25) is 4.79 Å². The number of carbonyl (C=O) groups excluding carboxylic acids is 1. The first-order valence-electron chi connectivity index (χ1n) is 6.46. The van der Waals surface area contributed by atoms with Crippen molar-refractivity contribution in [2.75, 3.05) is 19.0 Å². The van der Waals surface area contributed by atoms with Crippen LogP contribution in [0.15, 0.2) is 23.1 Å². The number of anilines is 1. The third-order valence-electron chi connectivity index (χ3n) is 2.97. The molecule has 0 spiro atoms. The molecular formula is C13H18N2O5S. The number of nitrogens with one attached hydrogen (secondary N) is 2. The Bertz CT molecular complexity index is 644. The summed E-state index contributed by atoms with van der Waals surface area (Å²) in [6.45, 7) is 3.59. The van der Waals surface area contributed by atoms with Gasteiger partial charge in [0.15, 0.2) is 6.10 Å². The van der Waals surface area contributed by atoms with E-state index >= 15 is 0 Å². The van der Waals surface area contributed by atoms with Gasteiger partial charge in [-0.25, -0.2) is 13.1 Å². The third kappa shape index (κ3) is 3.52. The van der Waals surface area contributed by atoms with E-state index in [0.717, 1.165) is 0 Å². The molecule has 0 radical (unpaired) electrons. The number of fused-ring (bicyclic) bond motifs is 1. The van der Waals surface area contributed by atoms with Gasteiger partial charge in [-0.15, -0.1) is 0 Å². The second-order valence-electron chi connectivity index (χ2n) is 4.88. The number of methoxy groups -OCH3 is 1. The lowest BCUT2D eigenvalue weighted by Gasteiger charge is -2.23. The Kier molecular flexibility index (Phi) is 4.50. The smallest absolute Gasteiger partial charge is 0.265 e. The standard InChI is InChI=1S/C13H18N2O5S/c1-8(7-19-3)15-21(17,18)10-4-5-12-11(6-10)14-13(16)9(2)20-12/h4-6,8-9,15H,7H2,1-3H3,(H,14,16)/t8-,9+/m1/s1. The van der Waals surface area contributed by atoms with Crippen LogP contribution in [0, 0.1) is 0 Å². The van der Waals surface area contributed by atoms with E-state index in [9.17, 15) is 13.2 Å². The minimum absolute atomic E-state index is 0.0580. The predicted octanol–water partition coefficient (Wildman–Crippen LogP) is 0.719. The first-order chi connectivity index (χ1) is 9.83. The molecule has 1 aliphatic rings. The summed E-state index contributed by atoms with van der Waals surface area (Å²) < 4.78 is 37.2. The zero-order chi connectivity index (χ0) is 15.6. The van der Waals surface area contributed by atoms with Gasteiger partial charge in [0.25, 0.3) is 5.91 Å². The Morgan fingerprint density at radius 2 is 2.19 bits per heavy atom. The normalized spacial score (nSPS) is 19.4. The van der Waals surface area contributed by atoms with Crippen molar-refractivity contribution in [2.24, 2.45) is 0 Å². The molecule has 1 aliphatic heterocycles. The summed E-state index contributed by atoms with van der Waals surface area (Å²) in [5.41, 5.74) is 0.348. The molecular weight excluding hydrogens is 296 g/mol. The van der Waals surface area contributed by atoms with Gasteiger partial charge in [0.1, 0.15) is 5.75 Å². The molecule has 1 aromatic rings. The Balaban J connectivity index is 2.26. The highest BCUT2D eigenvalue weighted by atomic mass is 32.2. The molecule has 0 aromatic heterocycles. The fourth-order valence-electron chi connectivity index (χ4n) is 1.97. The van der Waals surface area contributed by atoms with Crippen LogP contribution in [0.5, 0.6) is 5.75 Å². The highest BCUT2D eigenvalue weighted by Gasteiger charge is 2.26. The molecule has 0 aliphatic carbocycles. The molecule has 0 bridgehead atoms. The SMILES string of the molecule is COC[C@@H](C)NS(=O)(=O)c1ccc2c(c1)NC(=O)[C@H](C)O2. The lowest BCUT2D eigenvalue weighted by atomic mass is 10.2. The molecule has 0 fully saturated rings. The number of rotatable bonds is 5. The van der Waals surface area contributed by atoms with Gasteiger partial charge in [-0.2, -0.15) is 0 Å². The van der Waals surface area contributed by atoms with Crippen LogP contribution in [-0.4, -0.2) is 40.2 Å². The predicted molar refractivity (Wildman–Crippen MR) is 76.8 cm³/mol. The van der Waals surface area contributed by atoms with Crippen LogP contribution in [-0.2, 0) is 19.6 Å². The number of sulfonamides is 1. The maximum absolute atomic E-state index is 12.2. The largest absolute Gasteiger partial charge is 0.479 e. The van der Waals surface area contributed by atoms with Crippen molar-refractivity contribution in [3.8, 4) is 5.75 Å². The first kappa shape index (κ1) is 15.7. The van der Waals surface area contributed by atoms with E-state index < -0.39 is 16.1 Å². The molecule has 116 valence electrons. The van der Waals surface area contributed by atoms with E-state index in [-0.39, 0.29) is 23.5 Å². The average molecular weight is 314 g/mol. The quantitative estimate of drug-likeness (QED) is 0.835. The zero-order valence-corrected chi connectivity index (χ0v) is 12.9. The number of carbonyl (C=O) groups is 1. The second kappa shape index (κ2) is 6.00. The highest BCUT2D eigenvalue weighted by Crippen LogP contribution is 2.31. The molecule has 1 heterocycles. The Hall–Kier alpha value is -1.64. The van der Waals surface area contributed by atoms with Crippen molar-refractivity contribution in [2.45, 2.75) is 30.9 Å². The van der Waals surface area contributed by atoms with Crippen LogP contribution in [0.3, 0.4) is 0 Å². The molecule has 1 aromatic carbocycles. The Morgan fingerprint density at radius 3 is 2.86 bits per heavy atom. The van der Waals surface area contributed by atoms with E-state index in [1.54, 1.807) is 13.8 Å². The van der Waals surface area contributed by atoms with Gasteiger partial charge < -0.3 is 14.8 Å². The van der Waals surface area contributed by atoms with Crippen molar-refractivity contribution in [3.63, 3.8) is 0 Å². The average Bonchev–Trinajstić information content (AvgIpc) is 2.39. The van der Waals surface area contributed by atoms with Crippen LogP contribution in [0.2, 0.25) is 0 Å². The van der Waals surface area contributed by atoms with Gasteiger partial charge in [-0.05, 0) is 32.0 Å². The molecule has 7 nitrogen and oxygen atoms in total. The van der Waals surface area contributed by atoms with Crippen LogP contribution in [0.1, 0.15) is 13.8 Å². The second-order valence-corrected chi connectivity index (χ2v) is 6.60. The summed E-state index contributed by atoms with van der Waals surface area (Å²) in [5, 5.41) is 2.62. The Morgan fingerprint density at radius 1 is 1.48 bits per heavy atom. The number of hydrogen-bond acceptors (Lipinski definition) is 5. The van der Waals surface area contributed by atoms with E-state index in [0.29, 0.717) is 11.4 Å². The first-order valence-corrected chi connectivity index (χ1v) is 7.94. The van der Waals surface area contributed by atoms with Gasteiger partial charge in [0.05, 0.1) is 17.2 Å². The molecule has 2 N–H and O–H groups in total. The molecule has 0 unspecified atom stereocenters. The van der Waals surface area contributed by atoms with Crippen LogP contribution >= 0.6 is 0 Å². The van der Waals surface area contributed by atoms with Gasteiger partial charge >= 0.3 is 0 Å². The molecule has 0 saturated carbocycles. The maximum Gasteiger partial charge on any atom is 0.265 e. The lowest BCUT2D eigenvalue weighted by Crippen LogP contribution is -2.36. The van der Waals surface area contributed by atoms with Crippen LogP contribution < -0.4 is 14.8 Å². The summed E-state index contributed by atoms with van der Waals surface area (Å²) in [7, 11) is -2.19. The molecule has 0 saturated heterocycles. The van der Waals surface area contributed by atoms with E-state index in [1.807, 2.05) is 0 Å². The van der Waals surface area contributed by atoms with Crippen LogP contribution in [0.4, 0.5) is 5.69 Å². The van der Waals surface area contributed by atoms with Crippen LogP contribution in [0.25, 0.3) is 0 Å². The zero-order valence-electron chi connectivity index (χ0n) is 12.0. The maximum atomic E-state index is 12.2. The van der Waals surface area contributed by atoms with Crippen molar-refractivity contribution < 1.29 is 22.7 Å². The highest BCUT2D eigenvalue weighted by molar-refractivity contribution is 7.89. The number of amides is 1. The molecule has 2 atom stereocenters. The van der Waals surface area contributed by atoms with Gasteiger partial charge in [0.2, 0.25) is 10.0 Å². The molecule has 1 amide bonds. The number of hydrogen-bond donors (Lipinski definition) is 2. The van der Waals surface area contributed by atoms with Crippen molar-refractivity contribution >= 4 is 21.6 Å². The summed E-state index contributed by atoms with van der Waals surface area (Å²) in [6.07, 6.45) is -0.597. The summed E-state index contributed by atoms with van der Waals surface area (Å²) in [6, 6.07) is 3.98. The minimum atomic E-state index is -3.68.